The summed E-state index contributed by atoms with van der Waals surface area (Å²) in [4.78, 5) is 13.0. The quantitative estimate of drug-likeness (QED) is 0.672. The highest BCUT2D eigenvalue weighted by molar-refractivity contribution is 5.68. The monoisotopic (exact) mass is 368 g/mol. The molecule has 0 aliphatic rings. The average molecular weight is 368 g/mol. The summed E-state index contributed by atoms with van der Waals surface area (Å²) in [7, 11) is 4.69. The molecule has 27 heavy (non-hydrogen) atoms. The summed E-state index contributed by atoms with van der Waals surface area (Å²) in [5.41, 5.74) is 3.02. The van der Waals surface area contributed by atoms with Crippen LogP contribution < -0.4 is 19.5 Å². The number of methoxy groups -OCH3 is 3. The lowest BCUT2D eigenvalue weighted by atomic mass is 10.1. The van der Waals surface area contributed by atoms with Gasteiger partial charge in [0, 0.05) is 11.8 Å². The molecule has 2 heterocycles. The fourth-order valence-electron chi connectivity index (χ4n) is 2.43. The summed E-state index contributed by atoms with van der Waals surface area (Å²) in [6.45, 7) is 2.33. The molecule has 3 rings (SSSR count). The van der Waals surface area contributed by atoms with Crippen molar-refractivity contribution in [3.8, 4) is 28.5 Å². The molecule has 0 saturated carbocycles. The molecule has 9 heteroatoms. The molecule has 0 atom stereocenters. The van der Waals surface area contributed by atoms with E-state index in [2.05, 4.69) is 30.5 Å². The Morgan fingerprint density at radius 2 is 1.67 bits per heavy atom. The topological polar surface area (TPSA) is 104 Å². The first kappa shape index (κ1) is 18.3. The van der Waals surface area contributed by atoms with Gasteiger partial charge in [0.2, 0.25) is 11.7 Å². The van der Waals surface area contributed by atoms with Gasteiger partial charge in [-0.3, -0.25) is 9.97 Å². The Balaban J connectivity index is 1.85. The fraction of sp³-hybridized carbons (Fsp3) is 0.278. The predicted molar refractivity (Wildman–Crippen MR) is 99.0 cm³/mol. The zero-order valence-corrected chi connectivity index (χ0v) is 15.6. The summed E-state index contributed by atoms with van der Waals surface area (Å²) in [5, 5.41) is 11.1. The van der Waals surface area contributed by atoms with Gasteiger partial charge in [0.15, 0.2) is 11.5 Å². The van der Waals surface area contributed by atoms with Crippen molar-refractivity contribution < 1.29 is 14.2 Å². The van der Waals surface area contributed by atoms with Crippen LogP contribution in [0.15, 0.2) is 30.7 Å². The van der Waals surface area contributed by atoms with E-state index < -0.39 is 0 Å². The summed E-state index contributed by atoms with van der Waals surface area (Å²) in [6.07, 6.45) is 4.98. The van der Waals surface area contributed by atoms with E-state index in [0.717, 1.165) is 17.0 Å². The van der Waals surface area contributed by atoms with Gasteiger partial charge in [0.1, 0.15) is 0 Å². The molecule has 0 unspecified atom stereocenters. The largest absolute Gasteiger partial charge is 0.493 e. The van der Waals surface area contributed by atoms with Crippen LogP contribution >= 0.6 is 0 Å². The van der Waals surface area contributed by atoms with Crippen LogP contribution in [0, 0.1) is 6.92 Å². The summed E-state index contributed by atoms with van der Waals surface area (Å²) in [5.74, 6) is 1.97. The highest BCUT2D eigenvalue weighted by Crippen LogP contribution is 2.40. The molecule has 3 aromatic rings. The summed E-state index contributed by atoms with van der Waals surface area (Å²) >= 11 is 0. The molecule has 0 radical (unpaired) electrons. The van der Waals surface area contributed by atoms with E-state index in [-0.39, 0.29) is 0 Å². The number of nitrogens with zero attached hydrogens (tertiary/aromatic N) is 5. The van der Waals surface area contributed by atoms with Crippen molar-refractivity contribution in [1.82, 2.24) is 25.1 Å². The highest BCUT2D eigenvalue weighted by Gasteiger charge is 2.15. The van der Waals surface area contributed by atoms with Crippen molar-refractivity contribution in [2.45, 2.75) is 13.5 Å². The second kappa shape index (κ2) is 8.26. The first-order valence-electron chi connectivity index (χ1n) is 8.16. The van der Waals surface area contributed by atoms with Crippen molar-refractivity contribution in [3.63, 3.8) is 0 Å². The Kier molecular flexibility index (Phi) is 5.60. The molecule has 140 valence electrons. The van der Waals surface area contributed by atoms with Gasteiger partial charge in [-0.25, -0.2) is 4.98 Å². The van der Waals surface area contributed by atoms with E-state index >= 15 is 0 Å². The Morgan fingerprint density at radius 1 is 0.926 bits per heavy atom. The number of hydrogen-bond donors (Lipinski definition) is 1. The molecule has 9 nitrogen and oxygen atoms in total. The summed E-state index contributed by atoms with van der Waals surface area (Å²) < 4.78 is 16.1. The van der Waals surface area contributed by atoms with E-state index in [0.29, 0.717) is 35.4 Å². The van der Waals surface area contributed by atoms with Gasteiger partial charge < -0.3 is 19.5 Å². The standard InChI is InChI=1S/C18H20N6O3/c1-11-7-20-13(8-19-11)9-21-18-23-14(10-22-24-18)12-5-15(25-2)17(27-4)16(6-12)26-3/h5-8,10H,9H2,1-4H3,(H,21,23,24). The Bertz CT molecular complexity index is 892. The van der Waals surface area contributed by atoms with Gasteiger partial charge in [0.05, 0.1) is 57.3 Å². The smallest absolute Gasteiger partial charge is 0.243 e. The van der Waals surface area contributed by atoms with Crippen LogP contribution in [0.5, 0.6) is 17.2 Å². The molecule has 0 spiro atoms. The molecule has 0 aliphatic carbocycles. The van der Waals surface area contributed by atoms with Crippen LogP contribution in [0.1, 0.15) is 11.4 Å². The average Bonchev–Trinajstić information content (AvgIpc) is 2.72. The molecule has 1 N–H and O–H groups in total. The lowest BCUT2D eigenvalue weighted by Gasteiger charge is -2.14. The number of anilines is 1. The molecule has 0 aliphatic heterocycles. The maximum atomic E-state index is 5.39. The molecular formula is C18H20N6O3. The van der Waals surface area contributed by atoms with Crippen molar-refractivity contribution >= 4 is 5.95 Å². The van der Waals surface area contributed by atoms with Crippen LogP contribution in [-0.4, -0.2) is 46.5 Å². The molecule has 0 bridgehead atoms. The minimum Gasteiger partial charge on any atom is -0.493 e. The van der Waals surface area contributed by atoms with Crippen LogP contribution in [0.4, 0.5) is 5.95 Å². The van der Waals surface area contributed by atoms with Crippen LogP contribution in [0.3, 0.4) is 0 Å². The fourth-order valence-corrected chi connectivity index (χ4v) is 2.43. The third kappa shape index (κ3) is 4.20. The number of benzene rings is 1. The number of rotatable bonds is 7. The van der Waals surface area contributed by atoms with Crippen LogP contribution in [0.25, 0.3) is 11.3 Å². The van der Waals surface area contributed by atoms with E-state index in [1.807, 2.05) is 6.92 Å². The van der Waals surface area contributed by atoms with Gasteiger partial charge in [-0.05, 0) is 19.1 Å². The van der Waals surface area contributed by atoms with Crippen molar-refractivity contribution in [3.05, 3.63) is 42.1 Å². The Labute approximate surface area is 156 Å². The normalized spacial score (nSPS) is 10.4. The maximum Gasteiger partial charge on any atom is 0.243 e. The minimum atomic E-state index is 0.378. The third-order valence-electron chi connectivity index (χ3n) is 3.78. The van der Waals surface area contributed by atoms with E-state index in [9.17, 15) is 0 Å². The molecule has 2 aromatic heterocycles. The second-order valence-electron chi connectivity index (χ2n) is 5.58. The Morgan fingerprint density at radius 3 is 2.26 bits per heavy atom. The molecular weight excluding hydrogens is 348 g/mol. The zero-order chi connectivity index (χ0) is 19.2. The van der Waals surface area contributed by atoms with Gasteiger partial charge in [-0.15, -0.1) is 5.10 Å². The SMILES string of the molecule is COc1cc(-c2cnnc(NCc3cnc(C)cn3)n2)cc(OC)c1OC. The zero-order valence-electron chi connectivity index (χ0n) is 15.6. The van der Waals surface area contributed by atoms with Gasteiger partial charge >= 0.3 is 0 Å². The van der Waals surface area contributed by atoms with Crippen LogP contribution in [0.2, 0.25) is 0 Å². The predicted octanol–water partition coefficient (Wildman–Crippen LogP) is 2.27. The van der Waals surface area contributed by atoms with Gasteiger partial charge in [0.25, 0.3) is 0 Å². The maximum absolute atomic E-state index is 5.39. The number of aromatic nitrogens is 5. The highest BCUT2D eigenvalue weighted by atomic mass is 16.5. The van der Waals surface area contributed by atoms with Crippen molar-refractivity contribution in [2.24, 2.45) is 0 Å². The number of ether oxygens (including phenoxy) is 3. The number of aryl methyl sites for hydroxylation is 1. The minimum absolute atomic E-state index is 0.378. The lowest BCUT2D eigenvalue weighted by Crippen LogP contribution is -2.07. The Hall–Kier alpha value is -3.49. The van der Waals surface area contributed by atoms with Crippen molar-refractivity contribution in [2.75, 3.05) is 26.6 Å². The van der Waals surface area contributed by atoms with Gasteiger partial charge in [-0.1, -0.05) is 0 Å². The lowest BCUT2D eigenvalue weighted by molar-refractivity contribution is 0.324. The van der Waals surface area contributed by atoms with E-state index in [4.69, 9.17) is 14.2 Å². The van der Waals surface area contributed by atoms with E-state index in [1.54, 1.807) is 52.1 Å². The molecule has 0 saturated heterocycles. The van der Waals surface area contributed by atoms with Crippen LogP contribution in [-0.2, 0) is 6.54 Å². The number of nitrogens with one attached hydrogen (secondary N) is 1. The van der Waals surface area contributed by atoms with Crippen molar-refractivity contribution in [1.29, 1.82) is 0 Å². The first-order chi connectivity index (χ1) is 13.1. The number of hydrogen-bond acceptors (Lipinski definition) is 9. The first-order valence-corrected chi connectivity index (χ1v) is 8.16. The summed E-state index contributed by atoms with van der Waals surface area (Å²) in [6, 6.07) is 3.61. The third-order valence-corrected chi connectivity index (χ3v) is 3.78. The van der Waals surface area contributed by atoms with Gasteiger partial charge in [-0.2, -0.15) is 5.10 Å². The van der Waals surface area contributed by atoms with E-state index in [1.165, 1.54) is 0 Å². The molecule has 0 fully saturated rings. The molecule has 0 amide bonds. The molecule has 1 aromatic carbocycles. The second-order valence-corrected chi connectivity index (χ2v) is 5.58.